The zero-order valence-corrected chi connectivity index (χ0v) is 17.4. The van der Waals surface area contributed by atoms with E-state index in [2.05, 4.69) is 110 Å². The van der Waals surface area contributed by atoms with E-state index in [1.165, 1.54) is 16.8 Å². The highest BCUT2D eigenvalue weighted by Crippen LogP contribution is 2.34. The highest BCUT2D eigenvalue weighted by molar-refractivity contribution is 5.47. The zero-order valence-electron chi connectivity index (χ0n) is 17.4. The second-order valence-corrected chi connectivity index (χ2v) is 8.32. The fourth-order valence-electron chi connectivity index (χ4n) is 4.46. The van der Waals surface area contributed by atoms with Crippen molar-refractivity contribution >= 4 is 5.69 Å². The highest BCUT2D eigenvalue weighted by Gasteiger charge is 2.33. The molecule has 0 amide bonds. The van der Waals surface area contributed by atoms with E-state index >= 15 is 0 Å². The zero-order chi connectivity index (χ0) is 20.1. The van der Waals surface area contributed by atoms with E-state index in [4.69, 9.17) is 4.74 Å². The molecule has 0 aromatic heterocycles. The monoisotopic (exact) mass is 385 g/mol. The van der Waals surface area contributed by atoms with Gasteiger partial charge in [-0.3, -0.25) is 0 Å². The summed E-state index contributed by atoms with van der Waals surface area (Å²) in [5, 5.41) is 0. The van der Waals surface area contributed by atoms with Crippen molar-refractivity contribution in [3.05, 3.63) is 102 Å². The Morgan fingerprint density at radius 2 is 1.28 bits per heavy atom. The number of para-hydroxylation sites is 1. The Hall–Kier alpha value is -2.58. The molecule has 1 fully saturated rings. The third-order valence-electron chi connectivity index (χ3n) is 5.99. The molecule has 0 N–H and O–H groups in total. The Bertz CT molecular complexity index is 823. The first kappa shape index (κ1) is 19.7. The predicted molar refractivity (Wildman–Crippen MR) is 121 cm³/mol. The summed E-state index contributed by atoms with van der Waals surface area (Å²) < 4.78 is 6.80. The van der Waals surface area contributed by atoms with Crippen LogP contribution in [0.25, 0.3) is 0 Å². The van der Waals surface area contributed by atoms with Crippen LogP contribution in [-0.4, -0.2) is 18.7 Å². The lowest BCUT2D eigenvalue weighted by Gasteiger charge is -2.44. The maximum absolute atomic E-state index is 6.80. The average molecular weight is 386 g/mol. The number of anilines is 1. The molecule has 2 nitrogen and oxygen atoms in total. The van der Waals surface area contributed by atoms with E-state index in [1.807, 2.05) is 0 Å². The molecular weight excluding hydrogens is 354 g/mol. The first-order chi connectivity index (χ1) is 14.2. The Kier molecular flexibility index (Phi) is 6.31. The molecule has 0 radical (unpaired) electrons. The molecule has 150 valence electrons. The summed E-state index contributed by atoms with van der Waals surface area (Å²) in [5.41, 5.74) is 3.78. The van der Waals surface area contributed by atoms with Crippen molar-refractivity contribution in [2.24, 2.45) is 5.92 Å². The lowest BCUT2D eigenvalue weighted by Crippen LogP contribution is -2.48. The third-order valence-corrected chi connectivity index (χ3v) is 5.99. The van der Waals surface area contributed by atoms with Crippen molar-refractivity contribution in [2.75, 3.05) is 11.4 Å². The minimum Gasteiger partial charge on any atom is -0.368 e. The SMILES string of the molecule is CC(C)[C@H]1C[C@H](OC(c2ccccc2)c2ccccc2)CCN1c1ccccc1. The molecule has 2 heteroatoms. The van der Waals surface area contributed by atoms with Gasteiger partial charge in [0, 0.05) is 18.3 Å². The Balaban J connectivity index is 1.55. The molecule has 3 aromatic rings. The van der Waals surface area contributed by atoms with Crippen LogP contribution in [0.2, 0.25) is 0 Å². The first-order valence-electron chi connectivity index (χ1n) is 10.8. The number of hydrogen-bond acceptors (Lipinski definition) is 2. The average Bonchev–Trinajstić information content (AvgIpc) is 2.79. The number of ether oxygens (including phenoxy) is 1. The van der Waals surface area contributed by atoms with Gasteiger partial charge in [-0.05, 0) is 42.0 Å². The van der Waals surface area contributed by atoms with Crippen LogP contribution in [0.3, 0.4) is 0 Å². The summed E-state index contributed by atoms with van der Waals surface area (Å²) in [6.07, 6.45) is 2.35. The van der Waals surface area contributed by atoms with E-state index in [9.17, 15) is 0 Å². The molecule has 0 aliphatic carbocycles. The predicted octanol–water partition coefficient (Wildman–Crippen LogP) is 6.49. The van der Waals surface area contributed by atoms with Crippen molar-refractivity contribution < 1.29 is 4.74 Å². The van der Waals surface area contributed by atoms with Gasteiger partial charge in [-0.1, -0.05) is 92.7 Å². The number of nitrogens with zero attached hydrogens (tertiary/aromatic N) is 1. The minimum atomic E-state index is -0.0153. The fourth-order valence-corrected chi connectivity index (χ4v) is 4.46. The molecule has 1 saturated heterocycles. The van der Waals surface area contributed by atoms with Gasteiger partial charge >= 0.3 is 0 Å². The summed E-state index contributed by atoms with van der Waals surface area (Å²) in [5.74, 6) is 0.577. The van der Waals surface area contributed by atoms with E-state index in [0.29, 0.717) is 12.0 Å². The minimum absolute atomic E-state index is 0.0153. The van der Waals surface area contributed by atoms with Gasteiger partial charge in [-0.15, -0.1) is 0 Å². The first-order valence-corrected chi connectivity index (χ1v) is 10.8. The molecule has 0 bridgehead atoms. The molecule has 1 aliphatic heterocycles. The standard InChI is InChI=1S/C27H31NO/c1-21(2)26-20-25(18-19-28(26)24-16-10-5-11-17-24)29-27(22-12-6-3-7-13-22)23-14-8-4-9-15-23/h3-17,21,25-27H,18-20H2,1-2H3/t25-,26-/m1/s1. The lowest BCUT2D eigenvalue weighted by molar-refractivity contribution is -0.0152. The summed E-state index contributed by atoms with van der Waals surface area (Å²) >= 11 is 0. The topological polar surface area (TPSA) is 12.5 Å². The van der Waals surface area contributed by atoms with E-state index in [0.717, 1.165) is 19.4 Å². The van der Waals surface area contributed by atoms with Crippen LogP contribution < -0.4 is 4.90 Å². The van der Waals surface area contributed by atoms with Gasteiger partial charge < -0.3 is 9.64 Å². The second kappa shape index (κ2) is 9.28. The molecule has 1 aliphatic rings. The Morgan fingerprint density at radius 3 is 1.79 bits per heavy atom. The molecule has 4 rings (SSSR count). The van der Waals surface area contributed by atoms with Crippen molar-refractivity contribution in [1.29, 1.82) is 0 Å². The van der Waals surface area contributed by atoms with Gasteiger partial charge in [0.25, 0.3) is 0 Å². The van der Waals surface area contributed by atoms with Crippen LogP contribution in [0.4, 0.5) is 5.69 Å². The third kappa shape index (κ3) is 4.71. The van der Waals surface area contributed by atoms with Gasteiger partial charge in [-0.2, -0.15) is 0 Å². The largest absolute Gasteiger partial charge is 0.368 e. The fraction of sp³-hybridized carbons (Fsp3) is 0.333. The molecular formula is C27H31NO. The number of piperidine rings is 1. The van der Waals surface area contributed by atoms with Crippen LogP contribution in [0.15, 0.2) is 91.0 Å². The van der Waals surface area contributed by atoms with Crippen LogP contribution in [0, 0.1) is 5.92 Å². The highest BCUT2D eigenvalue weighted by atomic mass is 16.5. The van der Waals surface area contributed by atoms with E-state index in [-0.39, 0.29) is 12.2 Å². The quantitative estimate of drug-likeness (QED) is 0.481. The Morgan fingerprint density at radius 1 is 0.759 bits per heavy atom. The Labute approximate surface area is 175 Å². The smallest absolute Gasteiger partial charge is 0.108 e. The van der Waals surface area contributed by atoms with Crippen LogP contribution in [-0.2, 0) is 4.74 Å². The molecule has 0 spiro atoms. The van der Waals surface area contributed by atoms with Crippen molar-refractivity contribution in [3.63, 3.8) is 0 Å². The number of benzene rings is 3. The summed E-state index contributed by atoms with van der Waals surface area (Å²) in [4.78, 5) is 2.57. The molecule has 0 unspecified atom stereocenters. The maximum Gasteiger partial charge on any atom is 0.108 e. The van der Waals surface area contributed by atoms with Crippen LogP contribution in [0.1, 0.15) is 43.9 Å². The van der Waals surface area contributed by atoms with Crippen molar-refractivity contribution in [1.82, 2.24) is 0 Å². The van der Waals surface area contributed by atoms with Gasteiger partial charge in [-0.25, -0.2) is 0 Å². The molecule has 3 aromatic carbocycles. The lowest BCUT2D eigenvalue weighted by atomic mass is 9.90. The molecule has 1 heterocycles. The van der Waals surface area contributed by atoms with Crippen LogP contribution in [0.5, 0.6) is 0 Å². The van der Waals surface area contributed by atoms with E-state index < -0.39 is 0 Å². The number of rotatable bonds is 6. The van der Waals surface area contributed by atoms with Gasteiger partial charge in [0.1, 0.15) is 6.10 Å². The van der Waals surface area contributed by atoms with Gasteiger partial charge in [0.15, 0.2) is 0 Å². The van der Waals surface area contributed by atoms with Gasteiger partial charge in [0.2, 0.25) is 0 Å². The summed E-state index contributed by atoms with van der Waals surface area (Å²) in [6, 6.07) is 32.6. The molecule has 0 saturated carbocycles. The summed E-state index contributed by atoms with van der Waals surface area (Å²) in [6.45, 7) is 5.69. The van der Waals surface area contributed by atoms with Gasteiger partial charge in [0.05, 0.1) is 6.10 Å². The molecule has 29 heavy (non-hydrogen) atoms. The molecule has 2 atom stereocenters. The normalized spacial score (nSPS) is 19.7. The second-order valence-electron chi connectivity index (χ2n) is 8.32. The van der Waals surface area contributed by atoms with E-state index in [1.54, 1.807) is 0 Å². The van der Waals surface area contributed by atoms with Crippen LogP contribution >= 0.6 is 0 Å². The number of hydrogen-bond donors (Lipinski definition) is 0. The maximum atomic E-state index is 6.80. The summed E-state index contributed by atoms with van der Waals surface area (Å²) in [7, 11) is 0. The van der Waals surface area contributed by atoms with Crippen molar-refractivity contribution in [3.8, 4) is 0 Å². The van der Waals surface area contributed by atoms with Crippen molar-refractivity contribution in [2.45, 2.75) is 44.9 Å².